The highest BCUT2D eigenvalue weighted by Crippen LogP contribution is 2.32. The van der Waals surface area contributed by atoms with Crippen LogP contribution in [0.4, 0.5) is 10.2 Å². The Labute approximate surface area is 109 Å². The van der Waals surface area contributed by atoms with Crippen molar-refractivity contribution in [3.63, 3.8) is 0 Å². The van der Waals surface area contributed by atoms with Gasteiger partial charge in [-0.15, -0.1) is 0 Å². The number of para-hydroxylation sites is 1. The number of nitrogens with two attached hydrogens (primary N) is 1. The van der Waals surface area contributed by atoms with Gasteiger partial charge in [-0.3, -0.25) is 4.57 Å². The molecule has 1 aromatic heterocycles. The van der Waals surface area contributed by atoms with Crippen LogP contribution in [0.15, 0.2) is 18.2 Å². The standard InChI is InChI=1S/C13H11ClFN3/c1-7-8(2)18(13(17)9(7)6-16)12-10(14)4-3-5-11(12)15/h3-5H,17H2,1-2H3. The second kappa shape index (κ2) is 4.35. The molecule has 0 aliphatic heterocycles. The summed E-state index contributed by atoms with van der Waals surface area (Å²) < 4.78 is 15.4. The number of nitriles is 1. The van der Waals surface area contributed by atoms with E-state index in [9.17, 15) is 4.39 Å². The maximum Gasteiger partial charge on any atom is 0.148 e. The molecule has 2 N–H and O–H groups in total. The van der Waals surface area contributed by atoms with E-state index in [1.165, 1.54) is 16.7 Å². The smallest absolute Gasteiger partial charge is 0.148 e. The Morgan fingerprint density at radius 1 is 1.39 bits per heavy atom. The highest BCUT2D eigenvalue weighted by molar-refractivity contribution is 6.32. The van der Waals surface area contributed by atoms with Crippen LogP contribution in [0.1, 0.15) is 16.8 Å². The zero-order valence-electron chi connectivity index (χ0n) is 9.96. The van der Waals surface area contributed by atoms with E-state index in [-0.39, 0.29) is 16.5 Å². The van der Waals surface area contributed by atoms with Gasteiger partial charge in [-0.05, 0) is 31.5 Å². The van der Waals surface area contributed by atoms with Crippen molar-refractivity contribution >= 4 is 17.4 Å². The first-order chi connectivity index (χ1) is 8.49. The zero-order chi connectivity index (χ0) is 13.4. The number of benzene rings is 1. The van der Waals surface area contributed by atoms with Gasteiger partial charge in [-0.2, -0.15) is 5.26 Å². The molecule has 0 bridgehead atoms. The molecule has 0 saturated carbocycles. The van der Waals surface area contributed by atoms with Gasteiger partial charge < -0.3 is 5.73 Å². The normalized spacial score (nSPS) is 10.4. The van der Waals surface area contributed by atoms with Crippen LogP contribution in [0.5, 0.6) is 0 Å². The molecule has 0 atom stereocenters. The van der Waals surface area contributed by atoms with Gasteiger partial charge in [0.15, 0.2) is 0 Å². The molecule has 0 aliphatic carbocycles. The molecule has 0 spiro atoms. The summed E-state index contributed by atoms with van der Waals surface area (Å²) in [6, 6.07) is 6.43. The Bertz CT molecular complexity index is 648. The van der Waals surface area contributed by atoms with E-state index in [2.05, 4.69) is 0 Å². The summed E-state index contributed by atoms with van der Waals surface area (Å²) in [5.74, 6) is -0.267. The molecule has 1 aromatic carbocycles. The van der Waals surface area contributed by atoms with E-state index < -0.39 is 5.82 Å². The topological polar surface area (TPSA) is 54.7 Å². The maximum atomic E-state index is 13.9. The summed E-state index contributed by atoms with van der Waals surface area (Å²) in [7, 11) is 0. The molecule has 0 unspecified atom stereocenters. The van der Waals surface area contributed by atoms with Gasteiger partial charge in [-0.25, -0.2) is 4.39 Å². The summed E-state index contributed by atoms with van der Waals surface area (Å²) in [6.07, 6.45) is 0. The lowest BCUT2D eigenvalue weighted by molar-refractivity contribution is 0.618. The number of anilines is 1. The summed E-state index contributed by atoms with van der Waals surface area (Å²) in [6.45, 7) is 3.55. The molecule has 2 aromatic rings. The van der Waals surface area contributed by atoms with Crippen LogP contribution in [0.25, 0.3) is 5.69 Å². The molecule has 2 rings (SSSR count). The minimum Gasteiger partial charge on any atom is -0.384 e. The van der Waals surface area contributed by atoms with Crippen LogP contribution in [0, 0.1) is 31.0 Å². The van der Waals surface area contributed by atoms with Crippen LogP contribution in [0.2, 0.25) is 5.02 Å². The van der Waals surface area contributed by atoms with Crippen molar-refractivity contribution in [3.8, 4) is 11.8 Å². The minimum absolute atomic E-state index is 0.179. The van der Waals surface area contributed by atoms with Crippen LogP contribution in [0.3, 0.4) is 0 Å². The second-order valence-electron chi connectivity index (χ2n) is 3.99. The Kier molecular flexibility index (Phi) is 3.02. The van der Waals surface area contributed by atoms with Gasteiger partial charge in [0.1, 0.15) is 23.4 Å². The number of aromatic nitrogens is 1. The fraction of sp³-hybridized carbons (Fsp3) is 0.154. The van der Waals surface area contributed by atoms with Gasteiger partial charge in [-0.1, -0.05) is 17.7 Å². The van der Waals surface area contributed by atoms with E-state index in [1.807, 2.05) is 6.07 Å². The average Bonchev–Trinajstić information content (AvgIpc) is 2.53. The Morgan fingerprint density at radius 3 is 2.56 bits per heavy atom. The highest BCUT2D eigenvalue weighted by atomic mass is 35.5. The van der Waals surface area contributed by atoms with Gasteiger partial charge in [0.25, 0.3) is 0 Å². The lowest BCUT2D eigenvalue weighted by atomic mass is 10.2. The Hall–Kier alpha value is -1.99. The van der Waals surface area contributed by atoms with Gasteiger partial charge >= 0.3 is 0 Å². The van der Waals surface area contributed by atoms with Crippen LogP contribution in [-0.2, 0) is 0 Å². The van der Waals surface area contributed by atoms with E-state index in [0.29, 0.717) is 11.3 Å². The SMILES string of the molecule is Cc1c(C#N)c(N)n(-c2c(F)cccc2Cl)c1C. The fourth-order valence-electron chi connectivity index (χ4n) is 1.97. The zero-order valence-corrected chi connectivity index (χ0v) is 10.7. The lowest BCUT2D eigenvalue weighted by Crippen LogP contribution is -2.05. The number of hydrogen-bond donors (Lipinski definition) is 1. The molecule has 5 heteroatoms. The third-order valence-corrected chi connectivity index (χ3v) is 3.33. The van der Waals surface area contributed by atoms with Crippen LogP contribution >= 0.6 is 11.6 Å². The van der Waals surface area contributed by atoms with Crippen molar-refractivity contribution in [2.75, 3.05) is 5.73 Å². The molecule has 1 heterocycles. The molecule has 0 amide bonds. The monoisotopic (exact) mass is 263 g/mol. The molecule has 92 valence electrons. The quantitative estimate of drug-likeness (QED) is 0.858. The third-order valence-electron chi connectivity index (χ3n) is 3.02. The first-order valence-electron chi connectivity index (χ1n) is 5.31. The third kappa shape index (κ3) is 1.64. The fourth-order valence-corrected chi connectivity index (χ4v) is 2.21. The average molecular weight is 264 g/mol. The molecule has 0 fully saturated rings. The Balaban J connectivity index is 2.86. The summed E-state index contributed by atoms with van der Waals surface area (Å²) in [4.78, 5) is 0. The predicted octanol–water partition coefficient (Wildman–Crippen LogP) is 3.34. The lowest BCUT2D eigenvalue weighted by Gasteiger charge is -2.12. The van der Waals surface area contributed by atoms with E-state index in [1.54, 1.807) is 19.9 Å². The molecule has 18 heavy (non-hydrogen) atoms. The van der Waals surface area contributed by atoms with Crippen molar-refractivity contribution in [1.29, 1.82) is 5.26 Å². The largest absolute Gasteiger partial charge is 0.384 e. The minimum atomic E-state index is -0.475. The predicted molar refractivity (Wildman–Crippen MR) is 69.3 cm³/mol. The maximum absolute atomic E-state index is 13.9. The van der Waals surface area contributed by atoms with Gasteiger partial charge in [0.05, 0.1) is 10.6 Å². The molecule has 0 aliphatic rings. The molecular weight excluding hydrogens is 253 g/mol. The van der Waals surface area contributed by atoms with Crippen LogP contribution < -0.4 is 5.73 Å². The van der Waals surface area contributed by atoms with Crippen molar-refractivity contribution in [2.45, 2.75) is 13.8 Å². The van der Waals surface area contributed by atoms with Crippen molar-refractivity contribution in [1.82, 2.24) is 4.57 Å². The van der Waals surface area contributed by atoms with E-state index >= 15 is 0 Å². The number of nitrogen functional groups attached to an aromatic ring is 1. The summed E-state index contributed by atoms with van der Waals surface area (Å²) >= 11 is 6.01. The highest BCUT2D eigenvalue weighted by Gasteiger charge is 2.20. The molecular formula is C13H11ClFN3. The first kappa shape index (κ1) is 12.5. The summed E-state index contributed by atoms with van der Waals surface area (Å²) in [5, 5.41) is 9.31. The van der Waals surface area contributed by atoms with Gasteiger partial charge in [0, 0.05) is 5.69 Å². The van der Waals surface area contributed by atoms with Crippen molar-refractivity contribution < 1.29 is 4.39 Å². The number of hydrogen-bond acceptors (Lipinski definition) is 2. The number of rotatable bonds is 1. The van der Waals surface area contributed by atoms with E-state index in [0.717, 1.165) is 5.56 Å². The van der Waals surface area contributed by atoms with Crippen molar-refractivity contribution in [2.24, 2.45) is 0 Å². The van der Waals surface area contributed by atoms with E-state index in [4.69, 9.17) is 22.6 Å². The van der Waals surface area contributed by atoms with Gasteiger partial charge in [0.2, 0.25) is 0 Å². The van der Waals surface area contributed by atoms with Crippen molar-refractivity contribution in [3.05, 3.63) is 45.9 Å². The molecule has 0 radical (unpaired) electrons. The Morgan fingerprint density at radius 2 is 2.06 bits per heavy atom. The van der Waals surface area contributed by atoms with Crippen LogP contribution in [-0.4, -0.2) is 4.57 Å². The summed E-state index contributed by atoms with van der Waals surface area (Å²) in [5.41, 5.74) is 7.87. The molecule has 0 saturated heterocycles. The number of nitrogens with zero attached hydrogens (tertiary/aromatic N) is 2. The first-order valence-corrected chi connectivity index (χ1v) is 5.68. The molecule has 3 nitrogen and oxygen atoms in total. The number of halogens is 2. The second-order valence-corrected chi connectivity index (χ2v) is 4.40.